The van der Waals surface area contributed by atoms with Crippen molar-refractivity contribution in [3.63, 3.8) is 0 Å². The molecule has 0 saturated carbocycles. The standard InChI is InChI=1S/C9H9NO6/c11-4-9(16,8(14)15)6-5(7(12)13)2-1-3-10-6/h1-3,11,16H,4H2,(H,12,13)(H,14,15). The number of carboxylic acids is 2. The van der Waals surface area contributed by atoms with E-state index in [0.29, 0.717) is 0 Å². The molecule has 0 aliphatic heterocycles. The van der Waals surface area contributed by atoms with Gasteiger partial charge in [0.1, 0.15) is 5.69 Å². The monoisotopic (exact) mass is 227 g/mol. The van der Waals surface area contributed by atoms with Crippen LogP contribution >= 0.6 is 0 Å². The van der Waals surface area contributed by atoms with Crippen molar-refractivity contribution in [2.24, 2.45) is 0 Å². The molecule has 0 aliphatic carbocycles. The van der Waals surface area contributed by atoms with E-state index in [4.69, 9.17) is 15.3 Å². The maximum Gasteiger partial charge on any atom is 0.344 e. The molecule has 86 valence electrons. The highest BCUT2D eigenvalue weighted by molar-refractivity contribution is 5.92. The van der Waals surface area contributed by atoms with E-state index in [0.717, 1.165) is 12.3 Å². The molecule has 16 heavy (non-hydrogen) atoms. The number of aliphatic hydroxyl groups excluding tert-OH is 1. The van der Waals surface area contributed by atoms with Gasteiger partial charge in [0.05, 0.1) is 12.2 Å². The summed E-state index contributed by atoms with van der Waals surface area (Å²) in [5.41, 5.74) is -3.78. The molecule has 1 unspecified atom stereocenters. The molecule has 0 aromatic carbocycles. The van der Waals surface area contributed by atoms with Gasteiger partial charge < -0.3 is 20.4 Å². The van der Waals surface area contributed by atoms with Crippen molar-refractivity contribution in [1.82, 2.24) is 4.98 Å². The lowest BCUT2D eigenvalue weighted by Gasteiger charge is -2.21. The number of hydrogen-bond acceptors (Lipinski definition) is 5. The van der Waals surface area contributed by atoms with Gasteiger partial charge in [-0.3, -0.25) is 4.98 Å². The summed E-state index contributed by atoms with van der Waals surface area (Å²) in [4.78, 5) is 25.1. The van der Waals surface area contributed by atoms with E-state index in [-0.39, 0.29) is 0 Å². The highest BCUT2D eigenvalue weighted by atomic mass is 16.4. The van der Waals surface area contributed by atoms with Crippen molar-refractivity contribution in [2.75, 3.05) is 6.61 Å². The van der Waals surface area contributed by atoms with Crippen molar-refractivity contribution in [1.29, 1.82) is 0 Å². The summed E-state index contributed by atoms with van der Waals surface area (Å²) in [6, 6.07) is 2.38. The second kappa shape index (κ2) is 4.25. The SMILES string of the molecule is O=C(O)c1cccnc1C(O)(CO)C(=O)O. The van der Waals surface area contributed by atoms with Crippen LogP contribution in [0, 0.1) is 0 Å². The van der Waals surface area contributed by atoms with Crippen molar-refractivity contribution in [3.05, 3.63) is 29.6 Å². The van der Waals surface area contributed by atoms with E-state index < -0.39 is 35.4 Å². The first-order chi connectivity index (χ1) is 7.43. The third kappa shape index (κ3) is 1.86. The minimum Gasteiger partial charge on any atom is -0.479 e. The van der Waals surface area contributed by atoms with Crippen LogP contribution in [0.1, 0.15) is 16.1 Å². The summed E-state index contributed by atoms with van der Waals surface area (Å²) < 4.78 is 0. The summed E-state index contributed by atoms with van der Waals surface area (Å²) in [5, 5.41) is 36.0. The topological polar surface area (TPSA) is 128 Å². The molecule has 0 spiro atoms. The Labute approximate surface area is 89.6 Å². The Morgan fingerprint density at radius 1 is 1.38 bits per heavy atom. The number of rotatable bonds is 4. The molecule has 0 aliphatic rings. The zero-order valence-corrected chi connectivity index (χ0v) is 7.99. The van der Waals surface area contributed by atoms with Crippen LogP contribution in [-0.2, 0) is 10.4 Å². The quantitative estimate of drug-likeness (QED) is 0.521. The summed E-state index contributed by atoms with van der Waals surface area (Å²) in [5.74, 6) is -3.20. The molecule has 0 saturated heterocycles. The summed E-state index contributed by atoms with van der Waals surface area (Å²) in [6.07, 6.45) is 1.13. The highest BCUT2D eigenvalue weighted by Gasteiger charge is 2.42. The van der Waals surface area contributed by atoms with Crippen LogP contribution in [0.25, 0.3) is 0 Å². The molecule has 7 heteroatoms. The predicted molar refractivity (Wildman–Crippen MR) is 49.8 cm³/mol. The maximum absolute atomic E-state index is 10.8. The molecule has 4 N–H and O–H groups in total. The van der Waals surface area contributed by atoms with Crippen LogP contribution in [0.2, 0.25) is 0 Å². The first-order valence-corrected chi connectivity index (χ1v) is 4.19. The molecule has 0 fully saturated rings. The fourth-order valence-electron chi connectivity index (χ4n) is 1.15. The molecule has 1 atom stereocenters. The molecule has 7 nitrogen and oxygen atoms in total. The molecular formula is C9H9NO6. The molecule has 0 bridgehead atoms. The second-order valence-electron chi connectivity index (χ2n) is 3.03. The van der Waals surface area contributed by atoms with Gasteiger partial charge in [0.25, 0.3) is 0 Å². The summed E-state index contributed by atoms with van der Waals surface area (Å²) in [7, 11) is 0. The van der Waals surface area contributed by atoms with E-state index in [1.54, 1.807) is 0 Å². The fraction of sp³-hybridized carbons (Fsp3) is 0.222. The fourth-order valence-corrected chi connectivity index (χ4v) is 1.15. The van der Waals surface area contributed by atoms with Gasteiger partial charge in [-0.2, -0.15) is 0 Å². The van der Waals surface area contributed by atoms with Gasteiger partial charge >= 0.3 is 11.9 Å². The van der Waals surface area contributed by atoms with Gasteiger partial charge in [-0.05, 0) is 12.1 Å². The Hall–Kier alpha value is -1.99. The number of aromatic carboxylic acids is 1. The van der Waals surface area contributed by atoms with E-state index in [1.165, 1.54) is 6.07 Å². The van der Waals surface area contributed by atoms with Crippen molar-refractivity contribution in [2.45, 2.75) is 5.60 Å². The molecule has 0 radical (unpaired) electrons. The molecule has 1 rings (SSSR count). The van der Waals surface area contributed by atoms with Crippen molar-refractivity contribution < 1.29 is 30.0 Å². The average molecular weight is 227 g/mol. The van der Waals surface area contributed by atoms with Gasteiger partial charge in [0.15, 0.2) is 0 Å². The van der Waals surface area contributed by atoms with E-state index in [2.05, 4.69) is 4.98 Å². The van der Waals surface area contributed by atoms with Crippen LogP contribution in [0.15, 0.2) is 18.3 Å². The number of hydrogen-bond donors (Lipinski definition) is 4. The number of aromatic nitrogens is 1. The lowest BCUT2D eigenvalue weighted by atomic mass is 9.96. The van der Waals surface area contributed by atoms with Gasteiger partial charge in [-0.15, -0.1) is 0 Å². The van der Waals surface area contributed by atoms with Crippen molar-refractivity contribution >= 4 is 11.9 Å². The van der Waals surface area contributed by atoms with Crippen molar-refractivity contribution in [3.8, 4) is 0 Å². The van der Waals surface area contributed by atoms with E-state index in [1.807, 2.05) is 0 Å². The molecule has 1 aromatic heterocycles. The van der Waals surface area contributed by atoms with Gasteiger partial charge in [-0.25, -0.2) is 9.59 Å². The Morgan fingerprint density at radius 3 is 2.44 bits per heavy atom. The molecular weight excluding hydrogens is 218 g/mol. The third-order valence-corrected chi connectivity index (χ3v) is 2.01. The summed E-state index contributed by atoms with van der Waals surface area (Å²) >= 11 is 0. The first kappa shape index (κ1) is 12.1. The molecule has 1 aromatic rings. The van der Waals surface area contributed by atoms with Crippen LogP contribution in [-0.4, -0.2) is 44.0 Å². The van der Waals surface area contributed by atoms with Crippen LogP contribution < -0.4 is 0 Å². The number of aliphatic carboxylic acids is 1. The Bertz CT molecular complexity index is 432. The average Bonchev–Trinajstić information content (AvgIpc) is 2.27. The van der Waals surface area contributed by atoms with E-state index in [9.17, 15) is 14.7 Å². The minimum atomic E-state index is -2.71. The maximum atomic E-state index is 10.8. The van der Waals surface area contributed by atoms with Crippen LogP contribution in [0.5, 0.6) is 0 Å². The van der Waals surface area contributed by atoms with Crippen LogP contribution in [0.4, 0.5) is 0 Å². The number of carbonyl (C=O) groups is 2. The number of carboxylic acid groups (broad SMARTS) is 2. The predicted octanol–water partition coefficient (Wildman–Crippen LogP) is -0.956. The lowest BCUT2D eigenvalue weighted by molar-refractivity contribution is -0.164. The lowest BCUT2D eigenvalue weighted by Crippen LogP contribution is -2.41. The zero-order chi connectivity index (χ0) is 12.3. The second-order valence-corrected chi connectivity index (χ2v) is 3.03. The van der Waals surface area contributed by atoms with E-state index >= 15 is 0 Å². The Balaban J connectivity index is 3.41. The normalized spacial score (nSPS) is 14.1. The third-order valence-electron chi connectivity index (χ3n) is 2.01. The minimum absolute atomic E-state index is 0.471. The molecule has 1 heterocycles. The smallest absolute Gasteiger partial charge is 0.344 e. The highest BCUT2D eigenvalue weighted by Crippen LogP contribution is 2.22. The van der Waals surface area contributed by atoms with Gasteiger partial charge in [-0.1, -0.05) is 0 Å². The first-order valence-electron chi connectivity index (χ1n) is 4.19. The zero-order valence-electron chi connectivity index (χ0n) is 7.99. The van der Waals surface area contributed by atoms with Gasteiger partial charge in [0.2, 0.25) is 5.60 Å². The summed E-state index contributed by atoms with van der Waals surface area (Å²) in [6.45, 7) is -1.17. The number of nitrogens with zero attached hydrogens (tertiary/aromatic N) is 1. The Morgan fingerprint density at radius 2 is 2.00 bits per heavy atom. The van der Waals surface area contributed by atoms with Crippen LogP contribution in [0.3, 0.4) is 0 Å². The molecule has 0 amide bonds. The Kier molecular flexibility index (Phi) is 3.21. The van der Waals surface area contributed by atoms with Gasteiger partial charge in [0, 0.05) is 6.20 Å². The number of pyridine rings is 1. The largest absolute Gasteiger partial charge is 0.479 e. The number of aliphatic hydroxyl groups is 2.